The topological polar surface area (TPSA) is 96.4 Å². The summed E-state index contributed by atoms with van der Waals surface area (Å²) in [4.78, 5) is 44.5. The molecule has 1 N–H and O–H groups in total. The molecule has 4 aliphatic heterocycles. The molecule has 4 heterocycles. The summed E-state index contributed by atoms with van der Waals surface area (Å²) in [6, 6.07) is -0.907. The van der Waals surface area contributed by atoms with Crippen LogP contribution >= 0.6 is 0 Å². The zero-order valence-electron chi connectivity index (χ0n) is 20.1. The number of nitrogens with zero attached hydrogens (tertiary/aromatic N) is 2. The molecule has 4 rings (SSSR count). The highest BCUT2D eigenvalue weighted by atomic mass is 16.6. The van der Waals surface area contributed by atoms with Gasteiger partial charge in [-0.1, -0.05) is 24.3 Å². The number of esters is 1. The minimum absolute atomic E-state index is 0.103. The normalized spacial score (nSPS) is 37.8. The summed E-state index contributed by atoms with van der Waals surface area (Å²) in [6.45, 7) is 8.50. The van der Waals surface area contributed by atoms with E-state index >= 15 is 0 Å². The maximum Gasteiger partial charge on any atom is 0.313 e. The maximum absolute atomic E-state index is 14.0. The molecule has 0 bridgehead atoms. The van der Waals surface area contributed by atoms with Crippen molar-refractivity contribution in [2.75, 3.05) is 26.3 Å². The van der Waals surface area contributed by atoms with Gasteiger partial charge >= 0.3 is 5.97 Å². The molecule has 4 aliphatic rings. The van der Waals surface area contributed by atoms with Gasteiger partial charge in [0.15, 0.2) is 0 Å². The van der Waals surface area contributed by atoms with E-state index in [2.05, 4.69) is 0 Å². The summed E-state index contributed by atoms with van der Waals surface area (Å²) >= 11 is 0. The summed E-state index contributed by atoms with van der Waals surface area (Å²) in [6.07, 6.45) is 10.4. The summed E-state index contributed by atoms with van der Waals surface area (Å²) in [5.41, 5.74) is -2.81. The SMILES string of the molecule is CC(C)(C)N1CC=C[C@]23O[C@]4(C)/C=C\CCCCOC(=O)[C@@H]4[C@H]2C(=O)N(CCCO)C3C1=O. The van der Waals surface area contributed by atoms with Gasteiger partial charge in [-0.05, 0) is 53.4 Å². The Morgan fingerprint density at radius 2 is 1.85 bits per heavy atom. The smallest absolute Gasteiger partial charge is 0.313 e. The lowest BCUT2D eigenvalue weighted by molar-refractivity contribution is -0.160. The number of aliphatic hydroxyl groups excluding tert-OH is 1. The van der Waals surface area contributed by atoms with Crippen LogP contribution in [0.4, 0.5) is 0 Å². The third-order valence-electron chi connectivity index (χ3n) is 7.37. The number of hydrogen-bond acceptors (Lipinski definition) is 6. The molecule has 5 atom stereocenters. The molecular weight excluding hydrogens is 424 g/mol. The average Bonchev–Trinajstić information content (AvgIpc) is 3.05. The number of cyclic esters (lactones) is 1. The van der Waals surface area contributed by atoms with E-state index in [9.17, 15) is 19.5 Å². The lowest BCUT2D eigenvalue weighted by Crippen LogP contribution is -2.59. The molecule has 1 spiro atoms. The Bertz CT molecular complexity index is 877. The van der Waals surface area contributed by atoms with Gasteiger partial charge in [0.25, 0.3) is 0 Å². The van der Waals surface area contributed by atoms with E-state index < -0.39 is 40.6 Å². The van der Waals surface area contributed by atoms with Crippen LogP contribution in [0, 0.1) is 11.8 Å². The van der Waals surface area contributed by atoms with E-state index in [0.717, 1.165) is 19.3 Å². The third kappa shape index (κ3) is 3.81. The first-order chi connectivity index (χ1) is 15.6. The fourth-order valence-electron chi connectivity index (χ4n) is 5.88. The number of amides is 2. The second-order valence-corrected chi connectivity index (χ2v) is 10.7. The van der Waals surface area contributed by atoms with E-state index in [1.165, 1.54) is 4.90 Å². The molecular formula is C25H36N2O6. The van der Waals surface area contributed by atoms with Crippen LogP contribution in [0.25, 0.3) is 0 Å². The van der Waals surface area contributed by atoms with Gasteiger partial charge in [-0.15, -0.1) is 0 Å². The van der Waals surface area contributed by atoms with Crippen LogP contribution < -0.4 is 0 Å². The Kier molecular flexibility index (Phi) is 6.20. The summed E-state index contributed by atoms with van der Waals surface area (Å²) in [5, 5.41) is 9.45. The van der Waals surface area contributed by atoms with Crippen LogP contribution in [0.5, 0.6) is 0 Å². The zero-order chi connectivity index (χ0) is 24.0. The first kappa shape index (κ1) is 24.0. The Morgan fingerprint density at radius 3 is 2.55 bits per heavy atom. The fourth-order valence-corrected chi connectivity index (χ4v) is 5.88. The molecule has 2 amide bonds. The van der Waals surface area contributed by atoms with Gasteiger partial charge in [0.2, 0.25) is 11.8 Å². The molecule has 0 aromatic carbocycles. The molecule has 0 saturated carbocycles. The molecule has 0 radical (unpaired) electrons. The second kappa shape index (κ2) is 8.55. The van der Waals surface area contributed by atoms with Crippen LogP contribution in [0.1, 0.15) is 53.4 Å². The molecule has 8 heteroatoms. The molecule has 1 unspecified atom stereocenters. The average molecular weight is 461 g/mol. The number of rotatable bonds is 3. The van der Waals surface area contributed by atoms with Gasteiger partial charge in [0.05, 0.1) is 18.1 Å². The summed E-state index contributed by atoms with van der Waals surface area (Å²) in [5.74, 6) is -2.69. The Morgan fingerprint density at radius 1 is 1.09 bits per heavy atom. The van der Waals surface area contributed by atoms with Gasteiger partial charge in [-0.25, -0.2) is 0 Å². The number of likely N-dealkylation sites (tertiary alicyclic amines) is 1. The molecule has 0 aliphatic carbocycles. The molecule has 0 aromatic rings. The van der Waals surface area contributed by atoms with Crippen molar-refractivity contribution < 1.29 is 29.0 Å². The number of carbonyl (C=O) groups is 3. The largest absolute Gasteiger partial charge is 0.465 e. The van der Waals surface area contributed by atoms with E-state index in [4.69, 9.17) is 9.47 Å². The molecule has 8 nitrogen and oxygen atoms in total. The number of fused-ring (bicyclic) bond motifs is 2. The number of allylic oxidation sites excluding steroid dienone is 1. The van der Waals surface area contributed by atoms with Crippen molar-refractivity contribution in [3.63, 3.8) is 0 Å². The fraction of sp³-hybridized carbons (Fsp3) is 0.720. The van der Waals surface area contributed by atoms with Crippen molar-refractivity contribution in [3.05, 3.63) is 24.3 Å². The van der Waals surface area contributed by atoms with Gasteiger partial charge in [-0.2, -0.15) is 0 Å². The molecule has 33 heavy (non-hydrogen) atoms. The highest BCUT2D eigenvalue weighted by molar-refractivity contribution is 5.99. The lowest BCUT2D eigenvalue weighted by atomic mass is 9.74. The van der Waals surface area contributed by atoms with Crippen molar-refractivity contribution in [1.29, 1.82) is 0 Å². The van der Waals surface area contributed by atoms with Crippen LogP contribution in [-0.2, 0) is 23.9 Å². The Hall–Kier alpha value is -2.19. The highest BCUT2D eigenvalue weighted by Crippen LogP contribution is 2.57. The quantitative estimate of drug-likeness (QED) is 0.510. The monoisotopic (exact) mass is 460 g/mol. The van der Waals surface area contributed by atoms with Crippen molar-refractivity contribution >= 4 is 17.8 Å². The van der Waals surface area contributed by atoms with E-state index in [0.29, 0.717) is 19.6 Å². The van der Waals surface area contributed by atoms with Crippen LogP contribution in [0.2, 0.25) is 0 Å². The lowest BCUT2D eigenvalue weighted by Gasteiger charge is -2.41. The number of carbonyl (C=O) groups excluding carboxylic acids is 3. The summed E-state index contributed by atoms with van der Waals surface area (Å²) < 4.78 is 12.3. The Labute approximate surface area is 195 Å². The van der Waals surface area contributed by atoms with Crippen molar-refractivity contribution in [1.82, 2.24) is 9.80 Å². The van der Waals surface area contributed by atoms with Gasteiger partial charge in [0, 0.05) is 25.2 Å². The number of ether oxygens (including phenoxy) is 2. The second-order valence-electron chi connectivity index (χ2n) is 10.7. The van der Waals surface area contributed by atoms with Crippen molar-refractivity contribution in [2.45, 2.75) is 76.2 Å². The predicted molar refractivity (Wildman–Crippen MR) is 121 cm³/mol. The minimum Gasteiger partial charge on any atom is -0.465 e. The Balaban J connectivity index is 1.86. The van der Waals surface area contributed by atoms with Crippen LogP contribution in [-0.4, -0.2) is 81.8 Å². The van der Waals surface area contributed by atoms with Gasteiger partial charge in [-0.3, -0.25) is 14.4 Å². The highest BCUT2D eigenvalue weighted by Gasteiger charge is 2.74. The minimum atomic E-state index is -1.28. The molecule has 0 aromatic heterocycles. The third-order valence-corrected chi connectivity index (χ3v) is 7.37. The van der Waals surface area contributed by atoms with Gasteiger partial charge < -0.3 is 24.4 Å². The molecule has 2 saturated heterocycles. The first-order valence-electron chi connectivity index (χ1n) is 12.0. The van der Waals surface area contributed by atoms with Gasteiger partial charge in [0.1, 0.15) is 17.6 Å². The van der Waals surface area contributed by atoms with E-state index in [-0.39, 0.29) is 25.0 Å². The van der Waals surface area contributed by atoms with Crippen molar-refractivity contribution in [2.24, 2.45) is 11.8 Å². The number of hydrogen-bond donors (Lipinski definition) is 1. The van der Waals surface area contributed by atoms with E-state index in [1.807, 2.05) is 52.0 Å². The zero-order valence-corrected chi connectivity index (χ0v) is 20.1. The van der Waals surface area contributed by atoms with Crippen LogP contribution in [0.15, 0.2) is 24.3 Å². The standard InChI is InChI=1S/C25H36N2O6/c1-23(2,3)27-14-9-12-25-17(20(29)26(13-10-15-28)19(25)21(27)30)18-22(31)32-16-8-6-5-7-11-24(18,4)33-25/h7,9,11-12,17-19,28H,5-6,8,10,13-16H2,1-4H3/b11-7-/t17-,18-,19?,24+,25-/m0/s1. The maximum atomic E-state index is 14.0. The van der Waals surface area contributed by atoms with Crippen LogP contribution in [0.3, 0.4) is 0 Å². The summed E-state index contributed by atoms with van der Waals surface area (Å²) in [7, 11) is 0. The molecule has 182 valence electrons. The molecule has 2 fully saturated rings. The number of aliphatic hydroxyl groups is 1. The first-order valence-corrected chi connectivity index (χ1v) is 12.0. The van der Waals surface area contributed by atoms with E-state index in [1.54, 1.807) is 4.90 Å². The predicted octanol–water partition coefficient (Wildman–Crippen LogP) is 1.82. The van der Waals surface area contributed by atoms with Crippen molar-refractivity contribution in [3.8, 4) is 0 Å².